The van der Waals surface area contributed by atoms with Crippen LogP contribution in [0, 0.1) is 0 Å². The average molecular weight is 303 g/mol. The molecule has 2 heterocycles. The molecule has 7 heteroatoms. The van der Waals surface area contributed by atoms with E-state index in [9.17, 15) is 14.4 Å². The molecule has 1 saturated heterocycles. The van der Waals surface area contributed by atoms with E-state index < -0.39 is 11.8 Å². The maximum absolute atomic E-state index is 11.9. The first-order chi connectivity index (χ1) is 10.5. The van der Waals surface area contributed by atoms with E-state index in [1.54, 1.807) is 13.1 Å². The van der Waals surface area contributed by atoms with Crippen LogP contribution in [-0.2, 0) is 23.1 Å². The van der Waals surface area contributed by atoms with Gasteiger partial charge in [0.1, 0.15) is 6.04 Å². The summed E-state index contributed by atoms with van der Waals surface area (Å²) in [4.78, 5) is 34.4. The van der Waals surface area contributed by atoms with E-state index in [0.29, 0.717) is 31.4 Å². The molecule has 2 amide bonds. The first kappa shape index (κ1) is 14.4. The largest absolute Gasteiger partial charge is 0.419 e. The Labute approximate surface area is 126 Å². The Hall–Kier alpha value is -2.57. The van der Waals surface area contributed by atoms with Gasteiger partial charge in [-0.3, -0.25) is 14.2 Å². The number of hydrogen-bond donors (Lipinski definition) is 2. The maximum atomic E-state index is 11.9. The minimum absolute atomic E-state index is 0.0790. The van der Waals surface area contributed by atoms with Gasteiger partial charge < -0.3 is 15.1 Å². The van der Waals surface area contributed by atoms with Crippen LogP contribution in [0.25, 0.3) is 11.1 Å². The van der Waals surface area contributed by atoms with Gasteiger partial charge >= 0.3 is 5.76 Å². The molecular formula is C15H17N3O4. The fraction of sp³-hybridized carbons (Fsp3) is 0.400. The van der Waals surface area contributed by atoms with Crippen LogP contribution in [0.15, 0.2) is 27.4 Å². The van der Waals surface area contributed by atoms with Crippen LogP contribution in [0.3, 0.4) is 0 Å². The molecule has 0 spiro atoms. The predicted molar refractivity (Wildman–Crippen MR) is 79.3 cm³/mol. The van der Waals surface area contributed by atoms with Gasteiger partial charge in [-0.05, 0) is 30.5 Å². The van der Waals surface area contributed by atoms with Gasteiger partial charge in [-0.15, -0.1) is 0 Å². The highest BCUT2D eigenvalue weighted by Crippen LogP contribution is 2.14. The van der Waals surface area contributed by atoms with E-state index in [1.165, 1.54) is 4.57 Å². The summed E-state index contributed by atoms with van der Waals surface area (Å²) in [6, 6.07) is 5.12. The third-order valence-corrected chi connectivity index (χ3v) is 3.88. The van der Waals surface area contributed by atoms with Crippen LogP contribution < -0.4 is 16.4 Å². The highest BCUT2D eigenvalue weighted by Gasteiger charge is 2.26. The Morgan fingerprint density at radius 2 is 2.27 bits per heavy atom. The van der Waals surface area contributed by atoms with Crippen molar-refractivity contribution in [3.63, 3.8) is 0 Å². The lowest BCUT2D eigenvalue weighted by atomic mass is 10.1. The van der Waals surface area contributed by atoms with E-state index in [2.05, 4.69) is 10.6 Å². The zero-order chi connectivity index (χ0) is 15.7. The number of fused-ring (bicyclic) bond motifs is 1. The Balaban J connectivity index is 1.58. The molecule has 3 rings (SSSR count). The van der Waals surface area contributed by atoms with Crippen molar-refractivity contribution in [2.45, 2.75) is 25.3 Å². The van der Waals surface area contributed by atoms with Gasteiger partial charge in [-0.25, -0.2) is 4.79 Å². The van der Waals surface area contributed by atoms with Gasteiger partial charge in [0.25, 0.3) is 0 Å². The second-order valence-electron chi connectivity index (χ2n) is 5.43. The summed E-state index contributed by atoms with van der Waals surface area (Å²) in [6.45, 7) is 0.466. The van der Waals surface area contributed by atoms with Crippen molar-refractivity contribution in [3.05, 3.63) is 34.3 Å². The molecule has 1 atom stereocenters. The van der Waals surface area contributed by atoms with Crippen molar-refractivity contribution >= 4 is 22.9 Å². The molecule has 1 unspecified atom stereocenters. The van der Waals surface area contributed by atoms with E-state index in [1.807, 2.05) is 12.1 Å². The molecule has 0 saturated carbocycles. The molecule has 1 fully saturated rings. The molecule has 1 aromatic carbocycles. The highest BCUT2D eigenvalue weighted by molar-refractivity contribution is 5.90. The number of nitrogens with zero attached hydrogens (tertiary/aromatic N) is 1. The SMILES string of the molecule is Cn1c(=O)oc2cc(CCNC(=O)C3CCC(=O)N3)ccc21. The number of rotatable bonds is 4. The van der Waals surface area contributed by atoms with Crippen molar-refractivity contribution in [3.8, 4) is 0 Å². The Bertz CT molecular complexity index is 790. The number of carbonyl (C=O) groups is 2. The zero-order valence-electron chi connectivity index (χ0n) is 12.2. The van der Waals surface area contributed by atoms with Crippen LogP contribution in [0.1, 0.15) is 18.4 Å². The average Bonchev–Trinajstić information content (AvgIpc) is 3.04. The lowest BCUT2D eigenvalue weighted by Crippen LogP contribution is -2.42. The van der Waals surface area contributed by atoms with Crippen molar-refractivity contribution in [2.75, 3.05) is 6.54 Å². The quantitative estimate of drug-likeness (QED) is 0.836. The lowest BCUT2D eigenvalue weighted by Gasteiger charge is -2.10. The second kappa shape index (κ2) is 5.67. The van der Waals surface area contributed by atoms with Crippen molar-refractivity contribution in [1.82, 2.24) is 15.2 Å². The summed E-state index contributed by atoms with van der Waals surface area (Å²) in [7, 11) is 1.66. The number of hydrogen-bond acceptors (Lipinski definition) is 4. The van der Waals surface area contributed by atoms with Gasteiger partial charge in [-0.1, -0.05) is 6.07 Å². The van der Waals surface area contributed by atoms with Crippen molar-refractivity contribution in [2.24, 2.45) is 7.05 Å². The first-order valence-electron chi connectivity index (χ1n) is 7.20. The molecule has 1 aliphatic rings. The molecule has 0 aliphatic carbocycles. The van der Waals surface area contributed by atoms with Crippen LogP contribution in [0.5, 0.6) is 0 Å². The van der Waals surface area contributed by atoms with Crippen LogP contribution >= 0.6 is 0 Å². The Morgan fingerprint density at radius 1 is 1.45 bits per heavy atom. The van der Waals surface area contributed by atoms with Crippen molar-refractivity contribution < 1.29 is 14.0 Å². The topological polar surface area (TPSA) is 93.3 Å². The Morgan fingerprint density at radius 3 is 3.00 bits per heavy atom. The normalized spacial score (nSPS) is 17.7. The molecular weight excluding hydrogens is 286 g/mol. The molecule has 2 aromatic rings. The second-order valence-corrected chi connectivity index (χ2v) is 5.43. The van der Waals surface area contributed by atoms with Crippen LogP contribution in [0.4, 0.5) is 0 Å². The minimum atomic E-state index is -0.415. The molecule has 2 N–H and O–H groups in total. The third-order valence-electron chi connectivity index (χ3n) is 3.88. The number of oxazole rings is 1. The fourth-order valence-corrected chi connectivity index (χ4v) is 2.60. The van der Waals surface area contributed by atoms with Gasteiger partial charge in [-0.2, -0.15) is 0 Å². The summed E-state index contributed by atoms with van der Waals surface area (Å²) in [6.07, 6.45) is 1.58. The first-order valence-corrected chi connectivity index (χ1v) is 7.20. The number of benzene rings is 1. The summed E-state index contributed by atoms with van der Waals surface area (Å²) in [5, 5.41) is 5.44. The highest BCUT2D eigenvalue weighted by atomic mass is 16.4. The zero-order valence-corrected chi connectivity index (χ0v) is 12.2. The van der Waals surface area contributed by atoms with E-state index in [4.69, 9.17) is 4.42 Å². The number of carbonyl (C=O) groups excluding carboxylic acids is 2. The van der Waals surface area contributed by atoms with Gasteiger partial charge in [0.15, 0.2) is 5.58 Å². The number of aryl methyl sites for hydroxylation is 1. The number of aromatic nitrogens is 1. The lowest BCUT2D eigenvalue weighted by molar-refractivity contribution is -0.125. The maximum Gasteiger partial charge on any atom is 0.419 e. The van der Waals surface area contributed by atoms with Gasteiger partial charge in [0.2, 0.25) is 11.8 Å². The van der Waals surface area contributed by atoms with Crippen LogP contribution in [0.2, 0.25) is 0 Å². The number of amides is 2. The van der Waals surface area contributed by atoms with Gasteiger partial charge in [0.05, 0.1) is 5.52 Å². The smallest absolute Gasteiger partial charge is 0.408 e. The molecule has 7 nitrogen and oxygen atoms in total. The fourth-order valence-electron chi connectivity index (χ4n) is 2.60. The predicted octanol–water partition coefficient (Wildman–Crippen LogP) is 0.0688. The molecule has 0 radical (unpaired) electrons. The Kier molecular flexibility index (Phi) is 3.70. The summed E-state index contributed by atoms with van der Waals surface area (Å²) < 4.78 is 6.58. The molecule has 1 aliphatic heterocycles. The summed E-state index contributed by atoms with van der Waals surface area (Å²) >= 11 is 0. The van der Waals surface area contributed by atoms with Crippen LogP contribution in [-0.4, -0.2) is 29.0 Å². The third kappa shape index (κ3) is 2.74. The monoisotopic (exact) mass is 303 g/mol. The molecule has 22 heavy (non-hydrogen) atoms. The van der Waals surface area contributed by atoms with E-state index in [-0.39, 0.29) is 11.8 Å². The summed E-state index contributed by atoms with van der Waals surface area (Å²) in [5.41, 5.74) is 2.25. The molecule has 1 aromatic heterocycles. The minimum Gasteiger partial charge on any atom is -0.408 e. The standard InChI is InChI=1S/C15H17N3O4/c1-18-11-4-2-9(8-12(11)22-15(18)21)6-7-16-14(20)10-3-5-13(19)17-10/h2,4,8,10H,3,5-7H2,1H3,(H,16,20)(H,17,19). The molecule has 116 valence electrons. The van der Waals surface area contributed by atoms with Gasteiger partial charge in [0, 0.05) is 20.0 Å². The van der Waals surface area contributed by atoms with E-state index >= 15 is 0 Å². The summed E-state index contributed by atoms with van der Waals surface area (Å²) in [5.74, 6) is -0.625. The number of nitrogens with one attached hydrogen (secondary N) is 2. The van der Waals surface area contributed by atoms with E-state index in [0.717, 1.165) is 11.1 Å². The van der Waals surface area contributed by atoms with Crippen molar-refractivity contribution in [1.29, 1.82) is 0 Å². The molecule has 0 bridgehead atoms.